The van der Waals surface area contributed by atoms with Crippen LogP contribution in [0.2, 0.25) is 0 Å². The van der Waals surface area contributed by atoms with Crippen molar-refractivity contribution < 1.29 is 14.3 Å². The van der Waals surface area contributed by atoms with Crippen LogP contribution in [0.25, 0.3) is 0 Å². The summed E-state index contributed by atoms with van der Waals surface area (Å²) in [5.74, 6) is 0.359. The zero-order valence-electron chi connectivity index (χ0n) is 15.7. The average Bonchev–Trinajstić information content (AvgIpc) is 2.61. The molecule has 2 amide bonds. The number of carbonyl (C=O) groups is 2. The number of aryl methyl sites for hydroxylation is 1. The van der Waals surface area contributed by atoms with Gasteiger partial charge in [-0.2, -0.15) is 0 Å². The molecule has 0 heterocycles. The Morgan fingerprint density at radius 3 is 2.27 bits per heavy atom. The number of anilines is 1. The largest absolute Gasteiger partial charge is 0.480 e. The number of amides is 2. The Bertz CT molecular complexity index is 754. The summed E-state index contributed by atoms with van der Waals surface area (Å²) in [6.45, 7) is 7.67. The maximum Gasteiger partial charge on any atom is 0.265 e. The zero-order chi connectivity index (χ0) is 19.1. The molecule has 0 saturated carbocycles. The van der Waals surface area contributed by atoms with Crippen molar-refractivity contribution in [2.24, 2.45) is 0 Å². The van der Waals surface area contributed by atoms with Gasteiger partial charge in [0.05, 0.1) is 0 Å². The minimum atomic E-state index is -0.583. The monoisotopic (exact) mass is 354 g/mol. The van der Waals surface area contributed by atoms with Crippen LogP contribution < -0.4 is 15.4 Å². The maximum absolute atomic E-state index is 12.5. The molecule has 1 unspecified atom stereocenters. The van der Waals surface area contributed by atoms with Crippen molar-refractivity contribution in [2.75, 3.05) is 5.32 Å². The first kappa shape index (κ1) is 19.5. The molecule has 0 saturated heterocycles. The molecule has 0 aliphatic carbocycles. The van der Waals surface area contributed by atoms with E-state index in [4.69, 9.17) is 4.74 Å². The van der Waals surface area contributed by atoms with E-state index in [2.05, 4.69) is 10.6 Å². The highest BCUT2D eigenvalue weighted by atomic mass is 16.5. The molecule has 0 aromatic heterocycles. The number of rotatable bonds is 7. The summed E-state index contributed by atoms with van der Waals surface area (Å²) in [6, 6.07) is 14.5. The summed E-state index contributed by atoms with van der Waals surface area (Å²) in [5.41, 5.74) is 2.17. The maximum atomic E-state index is 12.5. The van der Waals surface area contributed by atoms with Crippen molar-refractivity contribution in [3.05, 3.63) is 59.7 Å². The van der Waals surface area contributed by atoms with E-state index in [1.807, 2.05) is 52.0 Å². The smallest absolute Gasteiger partial charge is 0.265 e. The Morgan fingerprint density at radius 2 is 1.69 bits per heavy atom. The molecule has 2 aromatic rings. The number of hydrogen-bond donors (Lipinski definition) is 2. The van der Waals surface area contributed by atoms with E-state index in [9.17, 15) is 9.59 Å². The molecule has 26 heavy (non-hydrogen) atoms. The number of benzene rings is 2. The second kappa shape index (κ2) is 9.04. The lowest BCUT2D eigenvalue weighted by molar-refractivity contribution is -0.122. The molecule has 2 N–H and O–H groups in total. The van der Waals surface area contributed by atoms with Gasteiger partial charge in [-0.3, -0.25) is 9.59 Å². The number of carbonyl (C=O) groups excluding carboxylic acids is 2. The SMILES string of the molecule is CCC(Oc1ccccc1C)C(=O)Nc1ccc(C(=O)NC(C)C)cc1. The molecule has 0 aliphatic rings. The van der Waals surface area contributed by atoms with E-state index in [1.165, 1.54) is 0 Å². The Balaban J connectivity index is 2.01. The molecule has 0 radical (unpaired) electrons. The molecule has 5 heteroatoms. The summed E-state index contributed by atoms with van der Waals surface area (Å²) in [4.78, 5) is 24.5. The van der Waals surface area contributed by atoms with Crippen LogP contribution in [0.1, 0.15) is 43.1 Å². The summed E-state index contributed by atoms with van der Waals surface area (Å²) >= 11 is 0. The van der Waals surface area contributed by atoms with Gasteiger partial charge in [-0.25, -0.2) is 0 Å². The van der Waals surface area contributed by atoms with Crippen LogP contribution in [0.15, 0.2) is 48.5 Å². The summed E-state index contributed by atoms with van der Waals surface area (Å²) in [6.07, 6.45) is -0.0327. The molecule has 5 nitrogen and oxygen atoms in total. The number of para-hydroxylation sites is 1. The molecule has 0 spiro atoms. The topological polar surface area (TPSA) is 67.4 Å². The normalized spacial score (nSPS) is 11.7. The van der Waals surface area contributed by atoms with Crippen LogP contribution in [0.3, 0.4) is 0 Å². The Kier molecular flexibility index (Phi) is 6.78. The highest BCUT2D eigenvalue weighted by molar-refractivity contribution is 5.97. The van der Waals surface area contributed by atoms with Crippen LogP contribution in [-0.2, 0) is 4.79 Å². The second-order valence-corrected chi connectivity index (χ2v) is 6.48. The molecule has 1 atom stereocenters. The predicted molar refractivity (Wildman–Crippen MR) is 104 cm³/mol. The van der Waals surface area contributed by atoms with Gasteiger partial charge in [0.25, 0.3) is 11.8 Å². The minimum absolute atomic E-state index is 0.0748. The fourth-order valence-corrected chi connectivity index (χ4v) is 2.44. The van der Waals surface area contributed by atoms with Gasteiger partial charge in [0.2, 0.25) is 0 Å². The van der Waals surface area contributed by atoms with E-state index in [0.717, 1.165) is 5.56 Å². The predicted octanol–water partition coefficient (Wildman–Crippen LogP) is 3.93. The van der Waals surface area contributed by atoms with Crippen molar-refractivity contribution in [3.8, 4) is 5.75 Å². The highest BCUT2D eigenvalue weighted by Crippen LogP contribution is 2.19. The minimum Gasteiger partial charge on any atom is -0.480 e. The highest BCUT2D eigenvalue weighted by Gasteiger charge is 2.19. The van der Waals surface area contributed by atoms with Gasteiger partial charge >= 0.3 is 0 Å². The third-order valence-electron chi connectivity index (χ3n) is 3.86. The fourth-order valence-electron chi connectivity index (χ4n) is 2.44. The van der Waals surface area contributed by atoms with Gasteiger partial charge in [-0.15, -0.1) is 0 Å². The van der Waals surface area contributed by atoms with Gasteiger partial charge in [-0.05, 0) is 63.1 Å². The number of ether oxygens (including phenoxy) is 1. The van der Waals surface area contributed by atoms with Gasteiger partial charge in [0, 0.05) is 17.3 Å². The third-order valence-corrected chi connectivity index (χ3v) is 3.86. The van der Waals surface area contributed by atoms with Crippen molar-refractivity contribution in [3.63, 3.8) is 0 Å². The van der Waals surface area contributed by atoms with Crippen LogP contribution in [-0.4, -0.2) is 24.0 Å². The molecule has 0 fully saturated rings. The molecule has 0 bridgehead atoms. The van der Waals surface area contributed by atoms with Gasteiger partial charge < -0.3 is 15.4 Å². The number of nitrogens with one attached hydrogen (secondary N) is 2. The summed E-state index contributed by atoms with van der Waals surface area (Å²) in [7, 11) is 0. The molecular weight excluding hydrogens is 328 g/mol. The van der Waals surface area contributed by atoms with Gasteiger partial charge in [0.15, 0.2) is 6.10 Å². The van der Waals surface area contributed by atoms with Crippen molar-refractivity contribution in [2.45, 2.75) is 46.3 Å². The third kappa shape index (κ3) is 5.34. The van der Waals surface area contributed by atoms with E-state index >= 15 is 0 Å². The average molecular weight is 354 g/mol. The first-order chi connectivity index (χ1) is 12.4. The van der Waals surface area contributed by atoms with Gasteiger partial charge in [0.1, 0.15) is 5.75 Å². The lowest BCUT2D eigenvalue weighted by Crippen LogP contribution is -2.32. The quantitative estimate of drug-likeness (QED) is 0.792. The van der Waals surface area contributed by atoms with Gasteiger partial charge in [-0.1, -0.05) is 25.1 Å². The zero-order valence-corrected chi connectivity index (χ0v) is 15.7. The number of hydrogen-bond acceptors (Lipinski definition) is 3. The Labute approximate surface area is 154 Å². The Hall–Kier alpha value is -2.82. The molecule has 2 rings (SSSR count). The van der Waals surface area contributed by atoms with E-state index in [0.29, 0.717) is 23.4 Å². The van der Waals surface area contributed by atoms with Crippen LogP contribution >= 0.6 is 0 Å². The van der Waals surface area contributed by atoms with Crippen molar-refractivity contribution in [1.82, 2.24) is 5.32 Å². The lowest BCUT2D eigenvalue weighted by Gasteiger charge is -2.18. The Morgan fingerprint density at radius 1 is 1.04 bits per heavy atom. The van der Waals surface area contributed by atoms with Crippen molar-refractivity contribution in [1.29, 1.82) is 0 Å². The van der Waals surface area contributed by atoms with Crippen molar-refractivity contribution >= 4 is 17.5 Å². The fraction of sp³-hybridized carbons (Fsp3) is 0.333. The first-order valence-electron chi connectivity index (χ1n) is 8.84. The molecule has 0 aliphatic heterocycles. The first-order valence-corrected chi connectivity index (χ1v) is 8.84. The summed E-state index contributed by atoms with van der Waals surface area (Å²) in [5, 5.41) is 5.68. The van der Waals surface area contributed by atoms with Crippen LogP contribution in [0.4, 0.5) is 5.69 Å². The lowest BCUT2D eigenvalue weighted by atomic mass is 10.1. The second-order valence-electron chi connectivity index (χ2n) is 6.48. The van der Waals surface area contributed by atoms with Crippen LogP contribution in [0.5, 0.6) is 5.75 Å². The molecule has 138 valence electrons. The standard InChI is InChI=1S/C21H26N2O3/c1-5-18(26-19-9-7-6-8-15(19)4)21(25)23-17-12-10-16(11-13-17)20(24)22-14(2)3/h6-14,18H,5H2,1-4H3,(H,22,24)(H,23,25). The van der Waals surface area contributed by atoms with E-state index in [-0.39, 0.29) is 17.9 Å². The van der Waals surface area contributed by atoms with E-state index in [1.54, 1.807) is 24.3 Å². The molecule has 2 aromatic carbocycles. The summed E-state index contributed by atoms with van der Waals surface area (Å²) < 4.78 is 5.86. The van der Waals surface area contributed by atoms with Crippen LogP contribution in [0, 0.1) is 6.92 Å². The molecular formula is C21H26N2O3. The van der Waals surface area contributed by atoms with E-state index < -0.39 is 6.10 Å².